The van der Waals surface area contributed by atoms with Gasteiger partial charge in [0.25, 0.3) is 5.91 Å². The highest BCUT2D eigenvalue weighted by molar-refractivity contribution is 5.81. The molecule has 1 heterocycles. The van der Waals surface area contributed by atoms with Crippen LogP contribution in [0.5, 0.6) is 5.75 Å². The lowest BCUT2D eigenvalue weighted by Crippen LogP contribution is -2.49. The number of rotatable bonds is 4. The van der Waals surface area contributed by atoms with E-state index in [9.17, 15) is 4.79 Å². The Morgan fingerprint density at radius 1 is 1.36 bits per heavy atom. The molecule has 22 heavy (non-hydrogen) atoms. The molecule has 1 aromatic carbocycles. The molecule has 4 nitrogen and oxygen atoms in total. The van der Waals surface area contributed by atoms with Crippen molar-refractivity contribution in [2.45, 2.75) is 52.7 Å². The number of benzene rings is 1. The van der Waals surface area contributed by atoms with Crippen LogP contribution in [0.3, 0.4) is 0 Å². The van der Waals surface area contributed by atoms with Gasteiger partial charge in [0.15, 0.2) is 6.10 Å². The molecule has 0 N–H and O–H groups in total. The van der Waals surface area contributed by atoms with E-state index in [4.69, 9.17) is 9.47 Å². The first-order valence-corrected chi connectivity index (χ1v) is 8.06. The quantitative estimate of drug-likeness (QED) is 0.858. The second-order valence-electron chi connectivity index (χ2n) is 6.42. The van der Waals surface area contributed by atoms with Gasteiger partial charge in [0.05, 0.1) is 12.7 Å². The Morgan fingerprint density at radius 3 is 2.73 bits per heavy atom. The standard InChI is InChI=1S/C18H27NO3/c1-12(2)16-7-6-13(3)10-17(16)22-15(5)18(20)19-8-9-21-14(4)11-19/h6-7,10,12,14-15H,8-9,11H2,1-5H3. The van der Waals surface area contributed by atoms with Crippen LogP contribution in [0, 0.1) is 6.92 Å². The van der Waals surface area contributed by atoms with Gasteiger partial charge in [-0.05, 0) is 43.9 Å². The van der Waals surface area contributed by atoms with E-state index < -0.39 is 6.10 Å². The van der Waals surface area contributed by atoms with Gasteiger partial charge >= 0.3 is 0 Å². The number of amides is 1. The molecule has 4 heteroatoms. The molecule has 1 aliphatic rings. The van der Waals surface area contributed by atoms with Crippen LogP contribution in [0.25, 0.3) is 0 Å². The summed E-state index contributed by atoms with van der Waals surface area (Å²) in [4.78, 5) is 14.4. The first-order chi connectivity index (χ1) is 10.4. The summed E-state index contributed by atoms with van der Waals surface area (Å²) in [5, 5.41) is 0. The lowest BCUT2D eigenvalue weighted by atomic mass is 10.0. The summed E-state index contributed by atoms with van der Waals surface area (Å²) in [7, 11) is 0. The van der Waals surface area contributed by atoms with E-state index in [2.05, 4.69) is 26.0 Å². The Bertz CT molecular complexity index is 527. The molecule has 0 saturated carbocycles. The van der Waals surface area contributed by atoms with Crippen LogP contribution in [0.4, 0.5) is 0 Å². The molecular formula is C18H27NO3. The molecule has 1 saturated heterocycles. The van der Waals surface area contributed by atoms with Gasteiger partial charge in [-0.2, -0.15) is 0 Å². The third-order valence-electron chi connectivity index (χ3n) is 4.00. The van der Waals surface area contributed by atoms with E-state index >= 15 is 0 Å². The van der Waals surface area contributed by atoms with Crippen LogP contribution in [-0.2, 0) is 9.53 Å². The fourth-order valence-corrected chi connectivity index (χ4v) is 2.74. The Kier molecular flexibility index (Phi) is 5.46. The van der Waals surface area contributed by atoms with Gasteiger partial charge in [-0.25, -0.2) is 0 Å². The van der Waals surface area contributed by atoms with Crippen LogP contribution in [0.1, 0.15) is 44.7 Å². The van der Waals surface area contributed by atoms with E-state index in [1.165, 1.54) is 0 Å². The number of hydrogen-bond acceptors (Lipinski definition) is 3. The maximum absolute atomic E-state index is 12.6. The highest BCUT2D eigenvalue weighted by atomic mass is 16.5. The summed E-state index contributed by atoms with van der Waals surface area (Å²) in [5.41, 5.74) is 2.28. The molecular weight excluding hydrogens is 278 g/mol. The number of hydrogen-bond donors (Lipinski definition) is 0. The summed E-state index contributed by atoms with van der Waals surface area (Å²) < 4.78 is 11.5. The minimum Gasteiger partial charge on any atom is -0.481 e. The molecule has 0 bridgehead atoms. The van der Waals surface area contributed by atoms with Gasteiger partial charge in [-0.1, -0.05) is 26.0 Å². The summed E-state index contributed by atoms with van der Waals surface area (Å²) >= 11 is 0. The molecule has 2 rings (SSSR count). The van der Waals surface area contributed by atoms with Crippen LogP contribution in [0.2, 0.25) is 0 Å². The van der Waals surface area contributed by atoms with Gasteiger partial charge in [0.1, 0.15) is 5.75 Å². The van der Waals surface area contributed by atoms with Crippen LogP contribution in [-0.4, -0.2) is 42.7 Å². The predicted octanol–water partition coefficient (Wildman–Crippen LogP) is 3.13. The first-order valence-electron chi connectivity index (χ1n) is 8.06. The van der Waals surface area contributed by atoms with Gasteiger partial charge in [-0.3, -0.25) is 4.79 Å². The number of ether oxygens (including phenoxy) is 2. The zero-order chi connectivity index (χ0) is 16.3. The largest absolute Gasteiger partial charge is 0.481 e. The molecule has 122 valence electrons. The van der Waals surface area contributed by atoms with E-state index in [0.29, 0.717) is 25.6 Å². The molecule has 0 aliphatic carbocycles. The van der Waals surface area contributed by atoms with Crippen LogP contribution < -0.4 is 4.74 Å². The smallest absolute Gasteiger partial charge is 0.263 e. The summed E-state index contributed by atoms with van der Waals surface area (Å²) in [6.07, 6.45) is -0.389. The Hall–Kier alpha value is -1.55. The van der Waals surface area contributed by atoms with Crippen molar-refractivity contribution in [1.82, 2.24) is 4.90 Å². The molecule has 1 aliphatic heterocycles. The lowest BCUT2D eigenvalue weighted by Gasteiger charge is -2.33. The summed E-state index contributed by atoms with van der Waals surface area (Å²) in [5.74, 6) is 1.21. The maximum atomic E-state index is 12.6. The van der Waals surface area contributed by atoms with E-state index in [1.54, 1.807) is 0 Å². The molecule has 0 aromatic heterocycles. The van der Waals surface area contributed by atoms with Crippen molar-refractivity contribution in [3.8, 4) is 5.75 Å². The van der Waals surface area contributed by atoms with Crippen molar-refractivity contribution in [3.63, 3.8) is 0 Å². The van der Waals surface area contributed by atoms with Gasteiger partial charge in [0, 0.05) is 13.1 Å². The number of carbonyl (C=O) groups excluding carboxylic acids is 1. The minimum atomic E-state index is -0.482. The topological polar surface area (TPSA) is 38.8 Å². The van der Waals surface area contributed by atoms with E-state index in [0.717, 1.165) is 16.9 Å². The van der Waals surface area contributed by atoms with Crippen molar-refractivity contribution >= 4 is 5.91 Å². The number of aryl methyl sites for hydroxylation is 1. The molecule has 2 atom stereocenters. The fourth-order valence-electron chi connectivity index (χ4n) is 2.74. The van der Waals surface area contributed by atoms with Crippen LogP contribution in [0.15, 0.2) is 18.2 Å². The first kappa shape index (κ1) is 16.8. The number of morpholine rings is 1. The van der Waals surface area contributed by atoms with Crippen molar-refractivity contribution in [1.29, 1.82) is 0 Å². The average Bonchev–Trinajstić information content (AvgIpc) is 2.46. The molecule has 2 unspecified atom stereocenters. The van der Waals surface area contributed by atoms with Gasteiger partial charge in [-0.15, -0.1) is 0 Å². The normalized spacial score (nSPS) is 20.1. The maximum Gasteiger partial charge on any atom is 0.263 e. The second-order valence-corrected chi connectivity index (χ2v) is 6.42. The highest BCUT2D eigenvalue weighted by Gasteiger charge is 2.27. The minimum absolute atomic E-state index is 0.0337. The van der Waals surface area contributed by atoms with Crippen molar-refractivity contribution in [3.05, 3.63) is 29.3 Å². The second kappa shape index (κ2) is 7.14. The average molecular weight is 305 g/mol. The van der Waals surface area contributed by atoms with E-state index in [1.807, 2.05) is 31.7 Å². The van der Waals surface area contributed by atoms with E-state index in [-0.39, 0.29) is 12.0 Å². The fraction of sp³-hybridized carbons (Fsp3) is 0.611. The van der Waals surface area contributed by atoms with Gasteiger partial charge < -0.3 is 14.4 Å². The van der Waals surface area contributed by atoms with Gasteiger partial charge in [0.2, 0.25) is 0 Å². The molecule has 1 fully saturated rings. The van der Waals surface area contributed by atoms with Crippen molar-refractivity contribution < 1.29 is 14.3 Å². The molecule has 0 spiro atoms. The van der Waals surface area contributed by atoms with Crippen molar-refractivity contribution in [2.24, 2.45) is 0 Å². The summed E-state index contributed by atoms with van der Waals surface area (Å²) in [6, 6.07) is 6.18. The third-order valence-corrected chi connectivity index (χ3v) is 4.00. The zero-order valence-electron chi connectivity index (χ0n) is 14.3. The molecule has 1 amide bonds. The Balaban J connectivity index is 2.09. The third kappa shape index (κ3) is 4.01. The molecule has 0 radical (unpaired) electrons. The monoisotopic (exact) mass is 305 g/mol. The summed E-state index contributed by atoms with van der Waals surface area (Å²) in [6.45, 7) is 12.0. The highest BCUT2D eigenvalue weighted by Crippen LogP contribution is 2.28. The predicted molar refractivity (Wildman–Crippen MR) is 87.4 cm³/mol. The SMILES string of the molecule is Cc1ccc(C(C)C)c(OC(C)C(=O)N2CCOC(C)C2)c1. The molecule has 1 aromatic rings. The van der Waals surface area contributed by atoms with Crippen LogP contribution >= 0.6 is 0 Å². The zero-order valence-corrected chi connectivity index (χ0v) is 14.3. The van der Waals surface area contributed by atoms with Crippen molar-refractivity contribution in [2.75, 3.05) is 19.7 Å². The lowest BCUT2D eigenvalue weighted by molar-refractivity contribution is -0.144. The Labute approximate surface area is 133 Å². The number of carbonyl (C=O) groups is 1. The number of nitrogens with zero attached hydrogens (tertiary/aromatic N) is 1. The Morgan fingerprint density at radius 2 is 2.09 bits per heavy atom.